The number of carbonyl (C=O) groups excluding carboxylic acids is 3. The Morgan fingerprint density at radius 3 is 2.42 bits per heavy atom. The largest absolute Gasteiger partial charge is 0.514 e. The van der Waals surface area contributed by atoms with Gasteiger partial charge in [-0.2, -0.15) is 5.26 Å². The van der Waals surface area contributed by atoms with Crippen molar-refractivity contribution in [2.75, 3.05) is 47.5 Å². The first kappa shape index (κ1) is 42.2. The number of rotatable bonds is 5. The van der Waals surface area contributed by atoms with Crippen LogP contribution in [0.4, 0.5) is 4.79 Å². The average molecular weight is 909 g/mol. The van der Waals surface area contributed by atoms with Crippen LogP contribution in [0.1, 0.15) is 102 Å². The fourth-order valence-electron chi connectivity index (χ4n) is 12.6. The number of thioether (sulfide) groups is 1. The molecule has 2 saturated heterocycles. The Kier molecular flexibility index (Phi) is 9.13. The molecule has 7 aliphatic heterocycles. The van der Waals surface area contributed by atoms with Gasteiger partial charge in [-0.25, -0.2) is 9.59 Å². The van der Waals surface area contributed by atoms with Gasteiger partial charge in [0.1, 0.15) is 23.5 Å². The maximum atomic E-state index is 15.4. The second kappa shape index (κ2) is 14.1. The molecule has 2 aliphatic carbocycles. The monoisotopic (exact) mass is 908 g/mol. The lowest BCUT2D eigenvalue weighted by Gasteiger charge is -2.63. The van der Waals surface area contributed by atoms with E-state index in [9.17, 15) is 14.9 Å². The van der Waals surface area contributed by atoms with Crippen molar-refractivity contribution in [2.24, 2.45) is 0 Å². The molecule has 16 nitrogen and oxygen atoms in total. The molecule has 12 rings (SSSR count). The zero-order chi connectivity index (χ0) is 45.9. The van der Waals surface area contributed by atoms with Crippen LogP contribution in [0.2, 0.25) is 0 Å². The molecule has 3 aromatic rings. The summed E-state index contributed by atoms with van der Waals surface area (Å²) in [5, 5.41) is 14.7. The van der Waals surface area contributed by atoms with E-state index in [0.29, 0.717) is 59.3 Å². The van der Waals surface area contributed by atoms with E-state index in [1.807, 2.05) is 13.8 Å². The number of esters is 2. The molecule has 4 fully saturated rings. The minimum absolute atomic E-state index is 0.0189. The van der Waals surface area contributed by atoms with Crippen LogP contribution in [-0.2, 0) is 36.6 Å². The Labute approximate surface area is 381 Å². The van der Waals surface area contributed by atoms with Crippen LogP contribution in [-0.4, -0.2) is 105 Å². The van der Waals surface area contributed by atoms with E-state index < -0.39 is 63.7 Å². The van der Waals surface area contributed by atoms with Crippen molar-refractivity contribution in [3.63, 3.8) is 0 Å². The molecule has 1 N–H and O–H groups in total. The predicted octanol–water partition coefficient (Wildman–Crippen LogP) is 6.14. The number of fused-ring (bicyclic) bond motifs is 8. The summed E-state index contributed by atoms with van der Waals surface area (Å²) in [6, 6.07) is 7.00. The third-order valence-corrected chi connectivity index (χ3v) is 16.6. The van der Waals surface area contributed by atoms with Gasteiger partial charge in [-0.15, -0.1) is 11.8 Å². The molecule has 65 heavy (non-hydrogen) atoms. The summed E-state index contributed by atoms with van der Waals surface area (Å²) in [6.07, 6.45) is -0.0540. The van der Waals surface area contributed by atoms with Crippen LogP contribution in [0.5, 0.6) is 40.2 Å². The first-order valence-electron chi connectivity index (χ1n) is 22.0. The third kappa shape index (κ3) is 5.51. The molecule has 0 radical (unpaired) electrons. The number of ether oxygens (including phenoxy) is 9. The summed E-state index contributed by atoms with van der Waals surface area (Å²) in [5.74, 6) is 2.19. The van der Waals surface area contributed by atoms with Gasteiger partial charge in [0, 0.05) is 59.9 Å². The Balaban J connectivity index is 1.16. The second-order valence-corrected chi connectivity index (χ2v) is 20.6. The number of piperazine rings is 1. The zero-order valence-electron chi connectivity index (χ0n) is 38.1. The third-order valence-electron chi connectivity index (χ3n) is 15.1. The molecular formula is C48H52N4O12S. The molecule has 4 unspecified atom stereocenters. The van der Waals surface area contributed by atoms with E-state index in [4.69, 9.17) is 42.6 Å². The molecule has 0 amide bonds. The van der Waals surface area contributed by atoms with Gasteiger partial charge in [-0.05, 0) is 88.9 Å². The summed E-state index contributed by atoms with van der Waals surface area (Å²) in [5.41, 5.74) is 2.68. The number of carbonyl (C=O) groups is 3. The summed E-state index contributed by atoms with van der Waals surface area (Å²) in [4.78, 5) is 46.3. The van der Waals surface area contributed by atoms with Crippen molar-refractivity contribution in [3.05, 3.63) is 62.7 Å². The molecule has 4 bridgehead atoms. The highest BCUT2D eigenvalue weighted by Gasteiger charge is 2.81. The molecular weight excluding hydrogens is 857 g/mol. The quantitative estimate of drug-likeness (QED) is 0.175. The van der Waals surface area contributed by atoms with Gasteiger partial charge in [0.15, 0.2) is 40.0 Å². The first-order valence-corrected chi connectivity index (χ1v) is 23.1. The van der Waals surface area contributed by atoms with Crippen LogP contribution in [0.15, 0.2) is 18.2 Å². The molecule has 17 heteroatoms. The van der Waals surface area contributed by atoms with Crippen LogP contribution in [0.25, 0.3) is 0 Å². The van der Waals surface area contributed by atoms with Crippen LogP contribution >= 0.6 is 11.8 Å². The minimum atomic E-state index is -1.42. The lowest BCUT2D eigenvalue weighted by molar-refractivity contribution is -0.158. The van der Waals surface area contributed by atoms with Gasteiger partial charge in [0.2, 0.25) is 6.79 Å². The lowest BCUT2D eigenvalue weighted by atomic mass is 9.70. The van der Waals surface area contributed by atoms with E-state index in [1.54, 1.807) is 47.1 Å². The van der Waals surface area contributed by atoms with Crippen molar-refractivity contribution < 1.29 is 57.0 Å². The molecule has 0 aromatic heterocycles. The molecule has 7 heterocycles. The second-order valence-electron chi connectivity index (χ2n) is 19.5. The fraction of sp³-hybridized carbons (Fsp3) is 0.542. The number of likely N-dealkylation sites (N-methyl/N-ethyl adjacent to an activating group) is 1. The standard InChI is InChI=1S/C48H52N4O12S/c1-21-13-25-27-16-47(27)30(18-49)52-36(35(51(47)7)32(25)40(58-10)37(21)57-9)42-33-34(41-39(59-20-60-41)22(2)38(33)61-23(3)53)48(52)17-31(48)63-43(54)46(19-65-42)26-15-28(56-8)29(14-24(26)11-12-50-46)62-44(55)64-45(4,5)6/h13-15,27,30-31,35-36,42,50H,11-12,16-17,19-20H2,1-10H3/t27-,30+,31-,35?,36?,42-,46-,47?,48?/m1/s1. The fourth-order valence-corrected chi connectivity index (χ4v) is 14.2. The van der Waals surface area contributed by atoms with Gasteiger partial charge in [-0.3, -0.25) is 19.9 Å². The van der Waals surface area contributed by atoms with Crippen molar-refractivity contribution in [1.82, 2.24) is 15.1 Å². The Hall–Kier alpha value is -5.41. The number of hydrogen-bond donors (Lipinski definition) is 1. The minimum Gasteiger partial charge on any atom is -0.493 e. The highest BCUT2D eigenvalue weighted by molar-refractivity contribution is 7.99. The van der Waals surface area contributed by atoms with E-state index in [0.717, 1.165) is 39.8 Å². The Bertz CT molecular complexity index is 2700. The highest BCUT2D eigenvalue weighted by Crippen LogP contribution is 2.77. The smallest absolute Gasteiger partial charge is 0.493 e. The summed E-state index contributed by atoms with van der Waals surface area (Å²) >= 11 is 1.53. The topological polar surface area (TPSA) is 177 Å². The van der Waals surface area contributed by atoms with Crippen LogP contribution in [0.3, 0.4) is 0 Å². The van der Waals surface area contributed by atoms with Gasteiger partial charge in [-0.1, -0.05) is 6.07 Å². The molecule has 3 aromatic carbocycles. The number of nitriles is 1. The summed E-state index contributed by atoms with van der Waals surface area (Å²) in [6.45, 7) is 10.9. The molecule has 3 spiro atoms. The van der Waals surface area contributed by atoms with Gasteiger partial charge < -0.3 is 42.6 Å². The van der Waals surface area contributed by atoms with Crippen molar-refractivity contribution in [1.29, 1.82) is 5.26 Å². The Morgan fingerprint density at radius 2 is 1.72 bits per heavy atom. The van der Waals surface area contributed by atoms with Crippen molar-refractivity contribution >= 4 is 29.9 Å². The maximum Gasteiger partial charge on any atom is 0.514 e. The number of aryl methyl sites for hydroxylation is 1. The van der Waals surface area contributed by atoms with Gasteiger partial charge >= 0.3 is 18.1 Å². The number of hydrogen-bond acceptors (Lipinski definition) is 17. The predicted molar refractivity (Wildman–Crippen MR) is 233 cm³/mol. The molecule has 342 valence electrons. The van der Waals surface area contributed by atoms with Crippen molar-refractivity contribution in [2.45, 2.75) is 118 Å². The number of benzene rings is 3. The van der Waals surface area contributed by atoms with Crippen LogP contribution < -0.4 is 38.5 Å². The number of methoxy groups -OCH3 is 3. The number of nitrogens with zero attached hydrogens (tertiary/aromatic N) is 3. The maximum absolute atomic E-state index is 15.4. The van der Waals surface area contributed by atoms with E-state index in [1.165, 1.54) is 25.8 Å². The highest BCUT2D eigenvalue weighted by atomic mass is 32.2. The Morgan fingerprint density at radius 1 is 0.969 bits per heavy atom. The van der Waals surface area contributed by atoms with E-state index >= 15 is 4.79 Å². The zero-order valence-corrected chi connectivity index (χ0v) is 38.9. The first-order chi connectivity index (χ1) is 31.0. The van der Waals surface area contributed by atoms with E-state index in [-0.39, 0.29) is 36.0 Å². The van der Waals surface area contributed by atoms with Crippen molar-refractivity contribution in [3.8, 4) is 46.3 Å². The molecule has 2 saturated carbocycles. The molecule has 9 atom stereocenters. The normalized spacial score (nSPS) is 31.9. The molecule has 9 aliphatic rings. The van der Waals surface area contributed by atoms with Gasteiger partial charge in [0.05, 0.1) is 49.8 Å². The lowest BCUT2D eigenvalue weighted by Crippen LogP contribution is -2.72. The SMILES string of the molecule is COc1cc2c(cc1OC(=O)OC(C)(C)C)CCN[C@]21CS[C@@H]2c3c(OC(C)=O)c(C)c4c(c3C3(C[C@H]3OC1=O)N1C2C2c3c(cc(C)c(OC)c3OC)[C@H]3CC3([C@@H]1C#N)N2C)OCO4. The van der Waals surface area contributed by atoms with E-state index in [2.05, 4.69) is 34.3 Å². The average Bonchev–Trinajstić information content (AvgIpc) is 4.10. The summed E-state index contributed by atoms with van der Waals surface area (Å²) in [7, 11) is 6.91. The summed E-state index contributed by atoms with van der Waals surface area (Å²) < 4.78 is 55.2. The van der Waals surface area contributed by atoms with Crippen LogP contribution in [0, 0.1) is 25.2 Å². The number of nitrogens with one attached hydrogen (secondary N) is 1. The van der Waals surface area contributed by atoms with Gasteiger partial charge in [0.25, 0.3) is 0 Å².